The summed E-state index contributed by atoms with van der Waals surface area (Å²) >= 11 is 1.70. The van der Waals surface area contributed by atoms with Crippen LogP contribution in [0.1, 0.15) is 35.7 Å². The van der Waals surface area contributed by atoms with Crippen LogP contribution in [0.15, 0.2) is 0 Å². The molecule has 4 heterocycles. The molecule has 0 N–H and O–H groups in total. The molecule has 4 rings (SSSR count). The summed E-state index contributed by atoms with van der Waals surface area (Å²) in [5.41, 5.74) is 0. The monoisotopic (exact) mass is 393 g/mol. The van der Waals surface area contributed by atoms with Crippen LogP contribution in [0.3, 0.4) is 0 Å². The van der Waals surface area contributed by atoms with Crippen molar-refractivity contribution in [2.75, 3.05) is 52.5 Å². The van der Waals surface area contributed by atoms with E-state index in [1.165, 1.54) is 12.8 Å². The number of hydrogen-bond acceptors (Lipinski definition) is 7. The zero-order valence-electron chi connectivity index (χ0n) is 16.3. The summed E-state index contributed by atoms with van der Waals surface area (Å²) in [4.78, 5) is 20.0. The lowest BCUT2D eigenvalue weighted by Crippen LogP contribution is -2.52. The van der Waals surface area contributed by atoms with Gasteiger partial charge in [0.2, 0.25) is 5.91 Å². The zero-order chi connectivity index (χ0) is 18.6. The fourth-order valence-corrected chi connectivity index (χ4v) is 5.37. The van der Waals surface area contributed by atoms with Gasteiger partial charge in [0.05, 0.1) is 25.7 Å². The second-order valence-electron chi connectivity index (χ2n) is 7.99. The number of aryl methyl sites for hydroxylation is 1. The van der Waals surface area contributed by atoms with Crippen molar-refractivity contribution in [2.24, 2.45) is 5.92 Å². The Morgan fingerprint density at radius 2 is 1.89 bits per heavy atom. The van der Waals surface area contributed by atoms with Crippen molar-refractivity contribution in [1.29, 1.82) is 0 Å². The molecule has 0 spiro atoms. The highest BCUT2D eigenvalue weighted by Gasteiger charge is 2.34. The summed E-state index contributed by atoms with van der Waals surface area (Å²) in [6, 6.07) is 0.623. The maximum absolute atomic E-state index is 12.9. The van der Waals surface area contributed by atoms with Crippen molar-refractivity contribution in [3.63, 3.8) is 0 Å². The van der Waals surface area contributed by atoms with Gasteiger partial charge in [-0.05, 0) is 39.2 Å². The lowest BCUT2D eigenvalue weighted by atomic mass is 9.92. The molecule has 8 heteroatoms. The minimum Gasteiger partial charge on any atom is -0.378 e. The van der Waals surface area contributed by atoms with Crippen LogP contribution in [0.2, 0.25) is 0 Å². The van der Waals surface area contributed by atoms with Crippen LogP contribution in [0.5, 0.6) is 0 Å². The number of hydrogen-bond donors (Lipinski definition) is 0. The first-order valence-electron chi connectivity index (χ1n) is 10.3. The third-order valence-corrected chi connectivity index (χ3v) is 6.95. The Morgan fingerprint density at radius 3 is 2.59 bits per heavy atom. The Balaban J connectivity index is 1.26. The van der Waals surface area contributed by atoms with Crippen molar-refractivity contribution in [2.45, 2.75) is 45.2 Å². The summed E-state index contributed by atoms with van der Waals surface area (Å²) in [7, 11) is 0. The maximum Gasteiger partial charge on any atom is 0.227 e. The maximum atomic E-state index is 12.9. The quantitative estimate of drug-likeness (QED) is 0.770. The minimum atomic E-state index is 0.180. The number of amides is 1. The van der Waals surface area contributed by atoms with Gasteiger partial charge in [-0.1, -0.05) is 0 Å². The number of carbonyl (C=O) groups is 1. The summed E-state index contributed by atoms with van der Waals surface area (Å²) in [5, 5.41) is 10.6. The fraction of sp³-hybridized carbons (Fsp3) is 0.842. The average molecular weight is 394 g/mol. The number of carbonyl (C=O) groups excluding carboxylic acids is 1. The Morgan fingerprint density at radius 1 is 1.11 bits per heavy atom. The minimum absolute atomic E-state index is 0.180. The van der Waals surface area contributed by atoms with Crippen molar-refractivity contribution in [3.8, 4) is 0 Å². The standard InChI is InChI=1S/C19H31N5O2S/c1-15-20-21-18(27-15)14-22-7-4-17(5-8-22)24-6-2-3-16(13-24)19(25)23-9-11-26-12-10-23/h16-17H,2-14H2,1H3/t16-/m1/s1. The van der Waals surface area contributed by atoms with Crippen LogP contribution in [0.25, 0.3) is 0 Å². The molecule has 150 valence electrons. The molecule has 0 aromatic carbocycles. The van der Waals surface area contributed by atoms with Crippen LogP contribution >= 0.6 is 11.3 Å². The SMILES string of the molecule is Cc1nnc(CN2CCC(N3CCC[C@@H](C(=O)N4CCOCC4)C3)CC2)s1. The van der Waals surface area contributed by atoms with Gasteiger partial charge in [0, 0.05) is 38.8 Å². The Hall–Kier alpha value is -1.09. The van der Waals surface area contributed by atoms with E-state index in [4.69, 9.17) is 4.74 Å². The molecule has 3 aliphatic heterocycles. The van der Waals surface area contributed by atoms with Gasteiger partial charge in [-0.2, -0.15) is 0 Å². The van der Waals surface area contributed by atoms with Gasteiger partial charge in [-0.25, -0.2) is 0 Å². The van der Waals surface area contributed by atoms with E-state index in [2.05, 4.69) is 20.0 Å². The Kier molecular flexibility index (Phi) is 6.37. The molecule has 3 fully saturated rings. The number of morpholine rings is 1. The molecule has 1 aromatic heterocycles. The first-order chi connectivity index (χ1) is 13.2. The smallest absolute Gasteiger partial charge is 0.227 e. The van der Waals surface area contributed by atoms with Crippen LogP contribution in [0, 0.1) is 12.8 Å². The van der Waals surface area contributed by atoms with E-state index in [1.54, 1.807) is 11.3 Å². The number of nitrogens with zero attached hydrogens (tertiary/aromatic N) is 5. The van der Waals surface area contributed by atoms with Gasteiger partial charge in [0.15, 0.2) is 0 Å². The molecule has 27 heavy (non-hydrogen) atoms. The van der Waals surface area contributed by atoms with Gasteiger partial charge in [-0.3, -0.25) is 14.6 Å². The molecular formula is C19H31N5O2S. The Bertz CT molecular complexity index is 625. The molecule has 1 aromatic rings. The number of aromatic nitrogens is 2. The molecule has 7 nitrogen and oxygen atoms in total. The third-order valence-electron chi connectivity index (χ3n) is 6.13. The second-order valence-corrected chi connectivity index (χ2v) is 9.26. The largest absolute Gasteiger partial charge is 0.378 e. The van der Waals surface area contributed by atoms with Crippen molar-refractivity contribution >= 4 is 17.2 Å². The van der Waals surface area contributed by atoms with E-state index < -0.39 is 0 Å². The average Bonchev–Trinajstić information content (AvgIpc) is 3.13. The zero-order valence-corrected chi connectivity index (χ0v) is 17.1. The molecule has 0 saturated carbocycles. The normalized spacial score (nSPS) is 26.4. The first kappa shape index (κ1) is 19.2. The van der Waals surface area contributed by atoms with Crippen LogP contribution in [0.4, 0.5) is 0 Å². The van der Waals surface area contributed by atoms with E-state index in [1.807, 2.05) is 11.8 Å². The Labute approximate surface area is 165 Å². The van der Waals surface area contributed by atoms with Gasteiger partial charge in [0.1, 0.15) is 10.0 Å². The lowest BCUT2D eigenvalue weighted by molar-refractivity contribution is -0.142. The van der Waals surface area contributed by atoms with Crippen LogP contribution in [-0.4, -0.2) is 89.3 Å². The van der Waals surface area contributed by atoms with E-state index in [0.29, 0.717) is 25.2 Å². The molecule has 3 aliphatic rings. The van der Waals surface area contributed by atoms with Gasteiger partial charge in [-0.15, -0.1) is 21.5 Å². The van der Waals surface area contributed by atoms with Gasteiger partial charge < -0.3 is 9.64 Å². The molecule has 0 radical (unpaired) electrons. The van der Waals surface area contributed by atoms with E-state index in [-0.39, 0.29) is 5.92 Å². The molecule has 3 saturated heterocycles. The highest BCUT2D eigenvalue weighted by atomic mass is 32.1. The molecule has 1 amide bonds. The molecule has 1 atom stereocenters. The van der Waals surface area contributed by atoms with E-state index >= 15 is 0 Å². The lowest BCUT2D eigenvalue weighted by Gasteiger charge is -2.42. The predicted octanol–water partition coefficient (Wildman–Crippen LogP) is 1.38. The highest BCUT2D eigenvalue weighted by Crippen LogP contribution is 2.26. The fourth-order valence-electron chi connectivity index (χ4n) is 4.62. The molecule has 0 unspecified atom stereocenters. The topological polar surface area (TPSA) is 61.8 Å². The van der Waals surface area contributed by atoms with E-state index in [9.17, 15) is 4.79 Å². The number of ether oxygens (including phenoxy) is 1. The van der Waals surface area contributed by atoms with Crippen molar-refractivity contribution in [3.05, 3.63) is 10.0 Å². The second kappa shape index (κ2) is 8.94. The molecule has 0 aliphatic carbocycles. The van der Waals surface area contributed by atoms with Gasteiger partial charge >= 0.3 is 0 Å². The van der Waals surface area contributed by atoms with Gasteiger partial charge in [0.25, 0.3) is 0 Å². The number of rotatable bonds is 4. The summed E-state index contributed by atoms with van der Waals surface area (Å²) in [6.07, 6.45) is 4.57. The van der Waals surface area contributed by atoms with Crippen LogP contribution < -0.4 is 0 Å². The molecule has 0 bridgehead atoms. The third kappa shape index (κ3) is 4.85. The van der Waals surface area contributed by atoms with Crippen molar-refractivity contribution < 1.29 is 9.53 Å². The summed E-state index contributed by atoms with van der Waals surface area (Å²) in [6.45, 7) is 10.2. The number of piperidine rings is 2. The number of likely N-dealkylation sites (tertiary alicyclic amines) is 2. The highest BCUT2D eigenvalue weighted by molar-refractivity contribution is 7.11. The van der Waals surface area contributed by atoms with Crippen molar-refractivity contribution in [1.82, 2.24) is 24.9 Å². The molecular weight excluding hydrogens is 362 g/mol. The summed E-state index contributed by atoms with van der Waals surface area (Å²) < 4.78 is 5.39. The summed E-state index contributed by atoms with van der Waals surface area (Å²) in [5.74, 6) is 0.534. The predicted molar refractivity (Wildman–Crippen MR) is 105 cm³/mol. The van der Waals surface area contributed by atoms with E-state index in [0.717, 1.165) is 68.7 Å². The van der Waals surface area contributed by atoms with Crippen LogP contribution in [-0.2, 0) is 16.1 Å². The first-order valence-corrected chi connectivity index (χ1v) is 11.1.